The van der Waals surface area contributed by atoms with Crippen LogP contribution in [0.2, 0.25) is 5.02 Å². The van der Waals surface area contributed by atoms with Crippen molar-refractivity contribution in [2.24, 2.45) is 0 Å². The van der Waals surface area contributed by atoms with Crippen LogP contribution in [0.25, 0.3) is 0 Å². The van der Waals surface area contributed by atoms with E-state index in [4.69, 9.17) is 16.7 Å². The minimum Gasteiger partial charge on any atom is -0.481 e. The third-order valence-corrected chi connectivity index (χ3v) is 2.09. The summed E-state index contributed by atoms with van der Waals surface area (Å²) in [4.78, 5) is 23.4. The Hall–Kier alpha value is -1.43. The number of rotatable bonds is 3. The highest BCUT2D eigenvalue weighted by atomic mass is 35.5. The number of alkyl halides is 2. The Kier molecular flexibility index (Phi) is 3.41. The molecule has 2 N–H and O–H groups in total. The van der Waals surface area contributed by atoms with Gasteiger partial charge in [-0.15, -0.1) is 0 Å². The molecule has 1 aromatic rings. The Balaban J connectivity index is 3.28. The Bertz CT molecular complexity index is 444. The zero-order valence-corrected chi connectivity index (χ0v) is 8.02. The molecule has 0 aliphatic heterocycles. The van der Waals surface area contributed by atoms with Gasteiger partial charge in [0.1, 0.15) is 0 Å². The zero-order chi connectivity index (χ0) is 11.6. The number of hydrogen-bond acceptors (Lipinski definition) is 2. The van der Waals surface area contributed by atoms with Gasteiger partial charge in [-0.2, -0.15) is 0 Å². The molecule has 0 radical (unpaired) electrons. The summed E-state index contributed by atoms with van der Waals surface area (Å²) >= 11 is 5.51. The first-order chi connectivity index (χ1) is 6.91. The largest absolute Gasteiger partial charge is 0.481 e. The van der Waals surface area contributed by atoms with Crippen LogP contribution in [0.15, 0.2) is 10.9 Å². The van der Waals surface area contributed by atoms with Crippen LogP contribution in [0, 0.1) is 0 Å². The van der Waals surface area contributed by atoms with E-state index >= 15 is 0 Å². The Morgan fingerprint density at radius 2 is 2.20 bits per heavy atom. The van der Waals surface area contributed by atoms with Crippen LogP contribution < -0.4 is 5.56 Å². The number of carbonyl (C=O) groups is 1. The second-order valence-electron chi connectivity index (χ2n) is 2.75. The van der Waals surface area contributed by atoms with Crippen LogP contribution in [-0.2, 0) is 11.2 Å². The predicted octanol–water partition coefficient (Wildman–Crippen LogP) is 1.59. The van der Waals surface area contributed by atoms with Gasteiger partial charge in [-0.05, 0) is 0 Å². The third kappa shape index (κ3) is 2.76. The number of pyridine rings is 1. The van der Waals surface area contributed by atoms with Crippen LogP contribution in [0.4, 0.5) is 8.78 Å². The fraction of sp³-hybridized carbons (Fsp3) is 0.250. The summed E-state index contributed by atoms with van der Waals surface area (Å²) in [5, 5.41) is 8.03. The highest BCUT2D eigenvalue weighted by molar-refractivity contribution is 6.32. The molecule has 1 rings (SSSR count). The van der Waals surface area contributed by atoms with Gasteiger partial charge in [0, 0.05) is 17.3 Å². The van der Waals surface area contributed by atoms with Gasteiger partial charge in [0.05, 0.1) is 11.4 Å². The van der Waals surface area contributed by atoms with E-state index in [0.717, 1.165) is 0 Å². The molecule has 0 saturated carbocycles. The van der Waals surface area contributed by atoms with Crippen LogP contribution in [0.1, 0.15) is 17.7 Å². The van der Waals surface area contributed by atoms with Crippen molar-refractivity contribution in [3.63, 3.8) is 0 Å². The highest BCUT2D eigenvalue weighted by Crippen LogP contribution is 2.27. The van der Waals surface area contributed by atoms with Crippen LogP contribution in [0.3, 0.4) is 0 Å². The number of nitrogens with one attached hydrogen (secondary N) is 1. The maximum atomic E-state index is 12.3. The lowest BCUT2D eigenvalue weighted by atomic mass is 10.2. The zero-order valence-electron chi connectivity index (χ0n) is 7.26. The van der Waals surface area contributed by atoms with Crippen molar-refractivity contribution in [2.45, 2.75) is 12.8 Å². The summed E-state index contributed by atoms with van der Waals surface area (Å²) < 4.78 is 24.7. The monoisotopic (exact) mass is 237 g/mol. The lowest BCUT2D eigenvalue weighted by Gasteiger charge is -2.06. The fourth-order valence-corrected chi connectivity index (χ4v) is 1.30. The number of aromatic amines is 1. The van der Waals surface area contributed by atoms with Gasteiger partial charge in [0.15, 0.2) is 0 Å². The lowest BCUT2D eigenvalue weighted by molar-refractivity contribution is -0.136. The molecule has 0 saturated heterocycles. The summed E-state index contributed by atoms with van der Waals surface area (Å²) in [7, 11) is 0. The number of aromatic nitrogens is 1. The SMILES string of the molecule is O=C(O)Cc1[nH]c(=O)cc(C(F)F)c1Cl. The standard InChI is InChI=1S/C8H6ClF2NO3/c9-7-3(8(10)11)1-5(13)12-4(7)2-6(14)15/h1,8H,2H2,(H,12,13)(H,14,15). The van der Waals surface area contributed by atoms with Crippen molar-refractivity contribution in [1.29, 1.82) is 0 Å². The van der Waals surface area contributed by atoms with E-state index in [1.807, 2.05) is 0 Å². The molecule has 82 valence electrons. The quantitative estimate of drug-likeness (QED) is 0.839. The first kappa shape index (κ1) is 11.6. The molecule has 0 bridgehead atoms. The summed E-state index contributed by atoms with van der Waals surface area (Å²) in [6.45, 7) is 0. The van der Waals surface area contributed by atoms with E-state index in [1.165, 1.54) is 0 Å². The van der Waals surface area contributed by atoms with E-state index in [1.54, 1.807) is 0 Å². The molecule has 0 atom stereocenters. The molecule has 0 aliphatic rings. The van der Waals surface area contributed by atoms with Gasteiger partial charge in [0.2, 0.25) is 5.56 Å². The van der Waals surface area contributed by atoms with Crippen molar-refractivity contribution in [1.82, 2.24) is 4.98 Å². The number of carboxylic acid groups (broad SMARTS) is 1. The highest BCUT2D eigenvalue weighted by Gasteiger charge is 2.17. The van der Waals surface area contributed by atoms with E-state index in [-0.39, 0.29) is 5.69 Å². The second-order valence-corrected chi connectivity index (χ2v) is 3.13. The molecular formula is C8H6ClF2NO3. The number of carboxylic acids is 1. The Morgan fingerprint density at radius 1 is 1.60 bits per heavy atom. The Labute approximate surface area is 87.5 Å². The van der Waals surface area contributed by atoms with Crippen molar-refractivity contribution >= 4 is 17.6 Å². The summed E-state index contributed by atoms with van der Waals surface area (Å²) in [6, 6.07) is 0.651. The van der Waals surface area contributed by atoms with Crippen LogP contribution >= 0.6 is 11.6 Å². The molecule has 1 heterocycles. The van der Waals surface area contributed by atoms with Crippen LogP contribution in [0.5, 0.6) is 0 Å². The molecule has 0 spiro atoms. The minimum absolute atomic E-state index is 0.216. The molecule has 0 amide bonds. The van der Waals surface area contributed by atoms with E-state index < -0.39 is 35.0 Å². The van der Waals surface area contributed by atoms with Gasteiger partial charge < -0.3 is 10.1 Å². The predicted molar refractivity (Wildman–Crippen MR) is 48.4 cm³/mol. The fourth-order valence-electron chi connectivity index (χ4n) is 1.05. The van der Waals surface area contributed by atoms with Crippen molar-refractivity contribution in [3.05, 3.63) is 32.7 Å². The maximum Gasteiger partial charge on any atom is 0.309 e. The van der Waals surface area contributed by atoms with E-state index in [9.17, 15) is 18.4 Å². The van der Waals surface area contributed by atoms with Crippen molar-refractivity contribution in [2.75, 3.05) is 0 Å². The van der Waals surface area contributed by atoms with Gasteiger partial charge in [-0.25, -0.2) is 8.78 Å². The smallest absolute Gasteiger partial charge is 0.309 e. The molecule has 7 heteroatoms. The van der Waals surface area contributed by atoms with Gasteiger partial charge in [-0.3, -0.25) is 9.59 Å². The lowest BCUT2D eigenvalue weighted by Crippen LogP contribution is -2.14. The average Bonchev–Trinajstić information content (AvgIpc) is 2.09. The Morgan fingerprint density at radius 3 is 2.67 bits per heavy atom. The van der Waals surface area contributed by atoms with Gasteiger partial charge in [0.25, 0.3) is 6.43 Å². The number of aliphatic carboxylic acids is 1. The molecule has 1 aromatic heterocycles. The van der Waals surface area contributed by atoms with Gasteiger partial charge in [-0.1, -0.05) is 11.6 Å². The maximum absolute atomic E-state index is 12.3. The second kappa shape index (κ2) is 4.39. The van der Waals surface area contributed by atoms with Crippen LogP contribution in [-0.4, -0.2) is 16.1 Å². The van der Waals surface area contributed by atoms with Crippen molar-refractivity contribution in [3.8, 4) is 0 Å². The number of hydrogen-bond donors (Lipinski definition) is 2. The molecule has 15 heavy (non-hydrogen) atoms. The molecule has 4 nitrogen and oxygen atoms in total. The average molecular weight is 238 g/mol. The van der Waals surface area contributed by atoms with Gasteiger partial charge >= 0.3 is 5.97 Å². The molecule has 0 unspecified atom stereocenters. The minimum atomic E-state index is -2.91. The molecule has 0 aliphatic carbocycles. The molecule has 0 fully saturated rings. The molecular weight excluding hydrogens is 232 g/mol. The summed E-state index contributed by atoms with van der Waals surface area (Å²) in [5.41, 5.74) is -1.67. The first-order valence-corrected chi connectivity index (χ1v) is 4.21. The topological polar surface area (TPSA) is 70.2 Å². The van der Waals surface area contributed by atoms with Crippen molar-refractivity contribution < 1.29 is 18.7 Å². The summed E-state index contributed by atoms with van der Waals surface area (Å²) in [5.74, 6) is -1.26. The third-order valence-electron chi connectivity index (χ3n) is 1.64. The summed E-state index contributed by atoms with van der Waals surface area (Å²) in [6.07, 6.45) is -3.51. The van der Waals surface area contributed by atoms with E-state index in [2.05, 4.69) is 4.98 Å². The number of H-pyrrole nitrogens is 1. The first-order valence-electron chi connectivity index (χ1n) is 3.83. The molecule has 0 aromatic carbocycles. The normalized spacial score (nSPS) is 10.7. The van der Waals surface area contributed by atoms with E-state index in [0.29, 0.717) is 6.07 Å². The number of halogens is 3.